The number of hydrogen-bond donors (Lipinski definition) is 1. The summed E-state index contributed by atoms with van der Waals surface area (Å²) in [5.41, 5.74) is -0.574. The van der Waals surface area contributed by atoms with E-state index in [4.69, 9.17) is 5.11 Å². The molecule has 0 amide bonds. The Labute approximate surface area is 92.3 Å². The maximum Gasteiger partial charge on any atom is 0.338 e. The van der Waals surface area contributed by atoms with Gasteiger partial charge in [0, 0.05) is 13.6 Å². The Morgan fingerprint density at radius 1 is 1.38 bits per heavy atom. The second kappa shape index (κ2) is 4.92. The van der Waals surface area contributed by atoms with E-state index in [2.05, 4.69) is 0 Å². The molecule has 1 N–H and O–H groups in total. The summed E-state index contributed by atoms with van der Waals surface area (Å²) < 4.78 is 26.8. The zero-order chi connectivity index (χ0) is 12.3. The molecule has 0 radical (unpaired) electrons. The second-order valence-corrected chi connectivity index (χ2v) is 3.49. The Balaban J connectivity index is 3.16. The largest absolute Gasteiger partial charge is 0.478 e. The van der Waals surface area contributed by atoms with Gasteiger partial charge in [-0.15, -0.1) is 0 Å². The Kier molecular flexibility index (Phi) is 3.82. The van der Waals surface area contributed by atoms with E-state index in [1.165, 1.54) is 6.07 Å². The maximum absolute atomic E-state index is 13.5. The lowest BCUT2D eigenvalue weighted by atomic mass is 10.1. The van der Waals surface area contributed by atoms with E-state index in [0.717, 1.165) is 12.5 Å². The van der Waals surface area contributed by atoms with Gasteiger partial charge >= 0.3 is 5.97 Å². The van der Waals surface area contributed by atoms with Crippen LogP contribution in [0, 0.1) is 11.6 Å². The predicted octanol–water partition coefficient (Wildman–Crippen LogP) is 2.51. The van der Waals surface area contributed by atoms with Crippen LogP contribution in [0.2, 0.25) is 0 Å². The first-order chi connectivity index (χ1) is 7.49. The molecule has 0 aromatic heterocycles. The normalized spacial score (nSPS) is 10.2. The lowest BCUT2D eigenvalue weighted by Crippen LogP contribution is -2.20. The van der Waals surface area contributed by atoms with Crippen LogP contribution in [0.4, 0.5) is 14.5 Å². The van der Waals surface area contributed by atoms with Crippen molar-refractivity contribution in [3.05, 3.63) is 29.3 Å². The predicted molar refractivity (Wildman–Crippen MR) is 56.9 cm³/mol. The molecule has 16 heavy (non-hydrogen) atoms. The highest BCUT2D eigenvalue weighted by Crippen LogP contribution is 2.23. The SMILES string of the molecule is CCCN(C)c1ccc(C(=O)O)c(F)c1F. The van der Waals surface area contributed by atoms with Gasteiger partial charge in [-0.3, -0.25) is 0 Å². The molecule has 0 unspecified atom stereocenters. The van der Waals surface area contributed by atoms with Gasteiger partial charge in [0.15, 0.2) is 11.6 Å². The summed E-state index contributed by atoms with van der Waals surface area (Å²) >= 11 is 0. The average Bonchev–Trinajstić information content (AvgIpc) is 2.21. The first kappa shape index (κ1) is 12.4. The zero-order valence-electron chi connectivity index (χ0n) is 9.13. The number of rotatable bonds is 4. The first-order valence-corrected chi connectivity index (χ1v) is 4.91. The summed E-state index contributed by atoms with van der Waals surface area (Å²) in [7, 11) is 1.63. The van der Waals surface area contributed by atoms with Gasteiger partial charge in [-0.1, -0.05) is 6.92 Å². The fourth-order valence-corrected chi connectivity index (χ4v) is 1.46. The molecule has 1 aromatic rings. The summed E-state index contributed by atoms with van der Waals surface area (Å²) in [4.78, 5) is 12.1. The van der Waals surface area contributed by atoms with Gasteiger partial charge in [0.2, 0.25) is 0 Å². The molecule has 0 saturated carbocycles. The van der Waals surface area contributed by atoms with Crippen LogP contribution in [0.25, 0.3) is 0 Å². The Hall–Kier alpha value is -1.65. The van der Waals surface area contributed by atoms with E-state index in [1.54, 1.807) is 11.9 Å². The molecular formula is C11H13F2NO2. The van der Waals surface area contributed by atoms with Crippen LogP contribution >= 0.6 is 0 Å². The van der Waals surface area contributed by atoms with Gasteiger partial charge in [-0.25, -0.2) is 13.6 Å². The lowest BCUT2D eigenvalue weighted by molar-refractivity contribution is 0.0690. The molecule has 0 spiro atoms. The first-order valence-electron chi connectivity index (χ1n) is 4.91. The molecule has 5 heteroatoms. The highest BCUT2D eigenvalue weighted by atomic mass is 19.2. The van der Waals surface area contributed by atoms with E-state index < -0.39 is 23.2 Å². The maximum atomic E-state index is 13.5. The smallest absolute Gasteiger partial charge is 0.338 e. The molecule has 88 valence electrons. The van der Waals surface area contributed by atoms with Crippen LogP contribution in [-0.4, -0.2) is 24.7 Å². The number of carboxylic acids is 1. The van der Waals surface area contributed by atoms with Crippen molar-refractivity contribution in [2.45, 2.75) is 13.3 Å². The Morgan fingerprint density at radius 3 is 2.50 bits per heavy atom. The van der Waals surface area contributed by atoms with Gasteiger partial charge in [0.1, 0.15) is 0 Å². The topological polar surface area (TPSA) is 40.5 Å². The molecule has 0 saturated heterocycles. The summed E-state index contributed by atoms with van der Waals surface area (Å²) in [6, 6.07) is 2.35. The van der Waals surface area contributed by atoms with Gasteiger partial charge in [0.25, 0.3) is 0 Å². The van der Waals surface area contributed by atoms with Crippen LogP contribution in [0.1, 0.15) is 23.7 Å². The highest BCUT2D eigenvalue weighted by Gasteiger charge is 2.19. The summed E-state index contributed by atoms with van der Waals surface area (Å²) in [6.45, 7) is 2.49. The number of benzene rings is 1. The van der Waals surface area contributed by atoms with Crippen molar-refractivity contribution in [1.29, 1.82) is 0 Å². The number of aromatic carboxylic acids is 1. The van der Waals surface area contributed by atoms with Crippen LogP contribution in [-0.2, 0) is 0 Å². The summed E-state index contributed by atoms with van der Waals surface area (Å²) in [5, 5.41) is 8.60. The van der Waals surface area contributed by atoms with Crippen LogP contribution in [0.3, 0.4) is 0 Å². The van der Waals surface area contributed by atoms with Gasteiger partial charge < -0.3 is 10.0 Å². The van der Waals surface area contributed by atoms with E-state index in [1.807, 2.05) is 6.92 Å². The molecule has 0 aliphatic heterocycles. The van der Waals surface area contributed by atoms with Crippen molar-refractivity contribution >= 4 is 11.7 Å². The lowest BCUT2D eigenvalue weighted by Gasteiger charge is -2.19. The van der Waals surface area contributed by atoms with E-state index in [9.17, 15) is 13.6 Å². The van der Waals surface area contributed by atoms with Crippen molar-refractivity contribution < 1.29 is 18.7 Å². The molecule has 0 bridgehead atoms. The van der Waals surface area contributed by atoms with Crippen molar-refractivity contribution in [2.24, 2.45) is 0 Å². The minimum atomic E-state index is -1.47. The number of hydrogen-bond acceptors (Lipinski definition) is 2. The van der Waals surface area contributed by atoms with Crippen molar-refractivity contribution in [1.82, 2.24) is 0 Å². The minimum absolute atomic E-state index is 0.0735. The molecule has 0 heterocycles. The van der Waals surface area contributed by atoms with Crippen molar-refractivity contribution in [3.8, 4) is 0 Å². The molecule has 0 aliphatic rings. The highest BCUT2D eigenvalue weighted by molar-refractivity contribution is 5.88. The van der Waals surface area contributed by atoms with Crippen molar-refractivity contribution in [2.75, 3.05) is 18.5 Å². The zero-order valence-corrected chi connectivity index (χ0v) is 9.13. The van der Waals surface area contributed by atoms with E-state index in [-0.39, 0.29) is 5.69 Å². The van der Waals surface area contributed by atoms with Crippen LogP contribution in [0.5, 0.6) is 0 Å². The minimum Gasteiger partial charge on any atom is -0.478 e. The fraction of sp³-hybridized carbons (Fsp3) is 0.364. The van der Waals surface area contributed by atoms with Crippen LogP contribution in [0.15, 0.2) is 12.1 Å². The van der Waals surface area contributed by atoms with Gasteiger partial charge in [0.05, 0.1) is 11.3 Å². The Morgan fingerprint density at radius 2 is 2.00 bits per heavy atom. The third-order valence-electron chi connectivity index (χ3n) is 2.26. The molecule has 3 nitrogen and oxygen atoms in total. The number of carboxylic acid groups (broad SMARTS) is 1. The molecular weight excluding hydrogens is 216 g/mol. The number of nitrogens with zero attached hydrogens (tertiary/aromatic N) is 1. The standard InChI is InChI=1S/C11H13F2NO2/c1-3-6-14(2)8-5-4-7(11(15)16)9(12)10(8)13/h4-5H,3,6H2,1-2H3,(H,15,16). The second-order valence-electron chi connectivity index (χ2n) is 3.49. The summed E-state index contributed by atoms with van der Waals surface area (Å²) in [6.07, 6.45) is 0.790. The quantitative estimate of drug-likeness (QED) is 0.862. The molecule has 0 aliphatic carbocycles. The number of carbonyl (C=O) groups is 1. The fourth-order valence-electron chi connectivity index (χ4n) is 1.46. The number of halogens is 2. The summed E-state index contributed by atoms with van der Waals surface area (Å²) in [5.74, 6) is -3.90. The molecule has 1 aromatic carbocycles. The number of anilines is 1. The Bertz CT molecular complexity index is 407. The molecule has 0 fully saturated rings. The third kappa shape index (κ3) is 2.29. The average molecular weight is 229 g/mol. The van der Waals surface area contributed by atoms with Crippen LogP contribution < -0.4 is 4.90 Å². The van der Waals surface area contributed by atoms with E-state index in [0.29, 0.717) is 6.54 Å². The van der Waals surface area contributed by atoms with Gasteiger partial charge in [-0.2, -0.15) is 0 Å². The van der Waals surface area contributed by atoms with Crippen molar-refractivity contribution in [3.63, 3.8) is 0 Å². The molecule has 1 rings (SSSR count). The van der Waals surface area contributed by atoms with E-state index >= 15 is 0 Å². The third-order valence-corrected chi connectivity index (χ3v) is 2.26. The van der Waals surface area contributed by atoms with Gasteiger partial charge in [-0.05, 0) is 18.6 Å². The molecule has 0 atom stereocenters. The monoisotopic (exact) mass is 229 g/mol.